The van der Waals surface area contributed by atoms with Gasteiger partial charge in [0.05, 0.1) is 17.5 Å². The van der Waals surface area contributed by atoms with E-state index in [1.165, 1.54) is 20.1 Å². The van der Waals surface area contributed by atoms with Gasteiger partial charge in [0, 0.05) is 0 Å². The molecule has 1 nitrogen and oxygen atoms in total. The van der Waals surface area contributed by atoms with Crippen molar-refractivity contribution in [1.29, 1.82) is 0 Å². The second kappa shape index (κ2) is 4.61. The van der Waals surface area contributed by atoms with Gasteiger partial charge in [0.1, 0.15) is 0 Å². The van der Waals surface area contributed by atoms with Crippen LogP contribution < -0.4 is 4.74 Å². The SMILES string of the molecule is COc1c(C)cc(C(C)(C)C(F)(F)F)c(Cl)c1F. The van der Waals surface area contributed by atoms with Crippen LogP contribution in [0.2, 0.25) is 5.02 Å². The summed E-state index contributed by atoms with van der Waals surface area (Å²) in [6.45, 7) is 3.38. The van der Waals surface area contributed by atoms with Crippen molar-refractivity contribution >= 4 is 11.6 Å². The Morgan fingerprint density at radius 1 is 1.22 bits per heavy atom. The summed E-state index contributed by atoms with van der Waals surface area (Å²) in [5, 5.41) is -0.556. The molecule has 0 fully saturated rings. The van der Waals surface area contributed by atoms with Crippen molar-refractivity contribution in [3.05, 3.63) is 28.0 Å². The molecule has 6 heteroatoms. The quantitative estimate of drug-likeness (QED) is 0.719. The molecular formula is C12H13ClF4O. The smallest absolute Gasteiger partial charge is 0.397 e. The topological polar surface area (TPSA) is 9.23 Å². The highest BCUT2D eigenvalue weighted by molar-refractivity contribution is 6.31. The van der Waals surface area contributed by atoms with Crippen LogP contribution in [0.25, 0.3) is 0 Å². The van der Waals surface area contributed by atoms with E-state index < -0.39 is 22.4 Å². The third kappa shape index (κ3) is 2.28. The molecule has 0 aromatic heterocycles. The minimum atomic E-state index is -4.52. The molecule has 0 aliphatic rings. The highest BCUT2D eigenvalue weighted by Gasteiger charge is 2.50. The fourth-order valence-corrected chi connectivity index (χ4v) is 1.97. The van der Waals surface area contributed by atoms with E-state index >= 15 is 0 Å². The fourth-order valence-electron chi connectivity index (χ4n) is 1.59. The molecule has 0 N–H and O–H groups in total. The van der Waals surface area contributed by atoms with Crippen LogP contribution in [0, 0.1) is 12.7 Å². The molecule has 0 radical (unpaired) electrons. The number of benzene rings is 1. The van der Waals surface area contributed by atoms with Crippen LogP contribution in [0.1, 0.15) is 25.0 Å². The summed E-state index contributed by atoms with van der Waals surface area (Å²) in [6.07, 6.45) is -4.52. The lowest BCUT2D eigenvalue weighted by Crippen LogP contribution is -2.37. The monoisotopic (exact) mass is 284 g/mol. The number of ether oxygens (including phenoxy) is 1. The number of rotatable bonds is 2. The standard InChI is InChI=1S/C12H13ClF4O/c1-6-5-7(11(2,3)12(15,16)17)8(13)9(14)10(6)18-4/h5H,1-4H3. The molecule has 0 atom stereocenters. The summed E-state index contributed by atoms with van der Waals surface area (Å²) in [5.74, 6) is -1.10. The number of hydrogen-bond donors (Lipinski definition) is 0. The molecule has 0 bridgehead atoms. The largest absolute Gasteiger partial charge is 0.493 e. The Hall–Kier alpha value is -0.970. The van der Waals surface area contributed by atoms with Crippen LogP contribution >= 0.6 is 11.6 Å². The molecule has 18 heavy (non-hydrogen) atoms. The zero-order valence-electron chi connectivity index (χ0n) is 10.4. The Morgan fingerprint density at radius 2 is 1.72 bits per heavy atom. The van der Waals surface area contributed by atoms with Crippen molar-refractivity contribution < 1.29 is 22.3 Å². The van der Waals surface area contributed by atoms with E-state index in [2.05, 4.69) is 0 Å². The lowest BCUT2D eigenvalue weighted by atomic mass is 9.83. The molecule has 0 saturated carbocycles. The van der Waals surface area contributed by atoms with Gasteiger partial charge in [0.25, 0.3) is 0 Å². The highest BCUT2D eigenvalue weighted by Crippen LogP contribution is 2.45. The van der Waals surface area contributed by atoms with Crippen LogP contribution in [0.15, 0.2) is 6.07 Å². The average Bonchev–Trinajstić information content (AvgIpc) is 2.22. The molecule has 0 aliphatic carbocycles. The van der Waals surface area contributed by atoms with Gasteiger partial charge in [0.15, 0.2) is 11.6 Å². The molecule has 0 heterocycles. The second-order valence-corrected chi connectivity index (χ2v) is 4.90. The van der Waals surface area contributed by atoms with Crippen molar-refractivity contribution in [2.45, 2.75) is 32.4 Å². The summed E-state index contributed by atoms with van der Waals surface area (Å²) >= 11 is 5.68. The second-order valence-electron chi connectivity index (χ2n) is 4.52. The van der Waals surface area contributed by atoms with E-state index in [9.17, 15) is 17.6 Å². The summed E-state index contributed by atoms with van der Waals surface area (Å²) < 4.78 is 57.4. The number of aryl methyl sites for hydroxylation is 1. The molecule has 102 valence electrons. The maximum absolute atomic E-state index is 13.8. The predicted octanol–water partition coefficient (Wildman–Crippen LogP) is 4.64. The van der Waals surface area contributed by atoms with Crippen molar-refractivity contribution in [2.24, 2.45) is 0 Å². The summed E-state index contributed by atoms with van der Waals surface area (Å²) in [7, 11) is 1.23. The van der Waals surface area contributed by atoms with Gasteiger partial charge >= 0.3 is 6.18 Å². The van der Waals surface area contributed by atoms with Gasteiger partial charge in [-0.1, -0.05) is 11.6 Å². The molecule has 0 spiro atoms. The van der Waals surface area contributed by atoms with Crippen LogP contribution in [0.3, 0.4) is 0 Å². The van der Waals surface area contributed by atoms with E-state index in [0.717, 1.165) is 13.8 Å². The maximum Gasteiger partial charge on any atom is 0.397 e. The van der Waals surface area contributed by atoms with E-state index in [4.69, 9.17) is 16.3 Å². The van der Waals surface area contributed by atoms with Gasteiger partial charge in [-0.25, -0.2) is 4.39 Å². The van der Waals surface area contributed by atoms with Gasteiger partial charge in [-0.2, -0.15) is 13.2 Å². The zero-order valence-corrected chi connectivity index (χ0v) is 11.1. The zero-order chi connectivity index (χ0) is 14.3. The minimum Gasteiger partial charge on any atom is -0.493 e. The summed E-state index contributed by atoms with van der Waals surface area (Å²) in [5.41, 5.74) is -2.26. The molecule has 0 saturated heterocycles. The first kappa shape index (κ1) is 15.1. The van der Waals surface area contributed by atoms with Crippen LogP contribution in [-0.2, 0) is 5.41 Å². The van der Waals surface area contributed by atoms with Crippen LogP contribution in [-0.4, -0.2) is 13.3 Å². The normalized spacial score (nSPS) is 12.7. The number of hydrogen-bond acceptors (Lipinski definition) is 1. The van der Waals surface area contributed by atoms with Gasteiger partial charge < -0.3 is 4.74 Å². The minimum absolute atomic E-state index is 0.137. The Labute approximate surface area is 108 Å². The molecule has 1 aromatic carbocycles. The van der Waals surface area contributed by atoms with E-state index in [0.29, 0.717) is 0 Å². The Kier molecular flexibility index (Phi) is 3.86. The number of halogens is 5. The van der Waals surface area contributed by atoms with Crippen LogP contribution in [0.5, 0.6) is 5.75 Å². The first-order valence-electron chi connectivity index (χ1n) is 5.13. The Morgan fingerprint density at radius 3 is 2.11 bits per heavy atom. The highest BCUT2D eigenvalue weighted by atomic mass is 35.5. The van der Waals surface area contributed by atoms with Crippen molar-refractivity contribution in [3.63, 3.8) is 0 Å². The van der Waals surface area contributed by atoms with Crippen molar-refractivity contribution in [3.8, 4) is 5.75 Å². The first-order valence-corrected chi connectivity index (χ1v) is 5.51. The van der Waals surface area contributed by atoms with Crippen LogP contribution in [0.4, 0.5) is 17.6 Å². The molecule has 1 aromatic rings. The maximum atomic E-state index is 13.8. The van der Waals surface area contributed by atoms with E-state index in [1.54, 1.807) is 0 Å². The average molecular weight is 285 g/mol. The van der Waals surface area contributed by atoms with Crippen molar-refractivity contribution in [2.75, 3.05) is 7.11 Å². The van der Waals surface area contributed by atoms with Gasteiger partial charge in [0.2, 0.25) is 0 Å². The molecule has 0 aliphatic heterocycles. The molecule has 0 amide bonds. The lowest BCUT2D eigenvalue weighted by molar-refractivity contribution is -0.180. The number of alkyl halides is 3. The molecule has 1 rings (SSSR count). The van der Waals surface area contributed by atoms with E-state index in [-0.39, 0.29) is 16.9 Å². The third-order valence-corrected chi connectivity index (χ3v) is 3.30. The van der Waals surface area contributed by atoms with Gasteiger partial charge in [-0.05, 0) is 38.0 Å². The Bertz CT molecular complexity index is 466. The predicted molar refractivity (Wildman–Crippen MR) is 61.8 cm³/mol. The van der Waals surface area contributed by atoms with Crippen molar-refractivity contribution in [1.82, 2.24) is 0 Å². The summed E-state index contributed by atoms with van der Waals surface area (Å²) in [6, 6.07) is 1.21. The van der Waals surface area contributed by atoms with E-state index in [1.807, 2.05) is 0 Å². The third-order valence-electron chi connectivity index (χ3n) is 2.93. The fraction of sp³-hybridized carbons (Fsp3) is 0.500. The molecule has 0 unspecified atom stereocenters. The first-order chi connectivity index (χ1) is 8.04. The van der Waals surface area contributed by atoms with Gasteiger partial charge in [-0.3, -0.25) is 0 Å². The number of methoxy groups -OCH3 is 1. The lowest BCUT2D eigenvalue weighted by Gasteiger charge is -2.30. The Balaban J connectivity index is 3.54. The summed E-state index contributed by atoms with van der Waals surface area (Å²) in [4.78, 5) is 0. The van der Waals surface area contributed by atoms with Gasteiger partial charge in [-0.15, -0.1) is 0 Å². The molecular weight excluding hydrogens is 272 g/mol.